The zero-order valence-corrected chi connectivity index (χ0v) is 18.8. The molecular weight excluding hydrogens is 434 g/mol. The second-order valence-electron chi connectivity index (χ2n) is 7.69. The molecule has 8 nitrogen and oxygen atoms in total. The summed E-state index contributed by atoms with van der Waals surface area (Å²) in [5.41, 5.74) is 3.67. The Morgan fingerprint density at radius 1 is 1.06 bits per heavy atom. The van der Waals surface area contributed by atoms with Crippen LogP contribution < -0.4 is 9.64 Å². The number of benzene rings is 2. The molecule has 0 saturated heterocycles. The van der Waals surface area contributed by atoms with Gasteiger partial charge in [-0.2, -0.15) is 5.10 Å². The minimum Gasteiger partial charge on any atom is -0.494 e. The maximum atomic E-state index is 13.6. The Morgan fingerprint density at radius 3 is 2.47 bits per heavy atom. The van der Waals surface area contributed by atoms with Gasteiger partial charge in [0, 0.05) is 11.3 Å². The molecule has 0 bridgehead atoms. The van der Waals surface area contributed by atoms with E-state index in [9.17, 15) is 9.59 Å². The van der Waals surface area contributed by atoms with Crippen molar-refractivity contribution in [2.45, 2.75) is 19.9 Å². The number of aromatic nitrogens is 2. The predicted molar refractivity (Wildman–Crippen MR) is 125 cm³/mol. The van der Waals surface area contributed by atoms with Gasteiger partial charge in [-0.1, -0.05) is 12.1 Å². The third-order valence-corrected chi connectivity index (χ3v) is 5.69. The predicted octanol–water partition coefficient (Wildman–Crippen LogP) is 4.99. The molecule has 0 spiro atoms. The number of carbonyl (C=O) groups excluding carboxylic acids is 2. The first-order valence-corrected chi connectivity index (χ1v) is 11.1. The molecule has 8 heteroatoms. The number of nitrogens with one attached hydrogen (secondary N) is 1. The van der Waals surface area contributed by atoms with Crippen LogP contribution in [0, 0.1) is 0 Å². The van der Waals surface area contributed by atoms with E-state index in [-0.39, 0.29) is 5.91 Å². The molecule has 5 rings (SSSR count). The zero-order valence-electron chi connectivity index (χ0n) is 18.8. The molecule has 3 heterocycles. The lowest BCUT2D eigenvalue weighted by atomic mass is 9.97. The Morgan fingerprint density at radius 2 is 1.82 bits per heavy atom. The molecule has 2 aromatic carbocycles. The minimum atomic E-state index is -0.453. The van der Waals surface area contributed by atoms with E-state index in [4.69, 9.17) is 13.9 Å². The van der Waals surface area contributed by atoms with Crippen molar-refractivity contribution in [3.05, 3.63) is 89.3 Å². The van der Waals surface area contributed by atoms with Crippen molar-refractivity contribution >= 4 is 17.6 Å². The fourth-order valence-electron chi connectivity index (χ4n) is 4.22. The SMILES string of the molecule is CCOC(=O)c1ccc(N2C(=O)c3n[nH]c(-c4ccco4)c3[C@@H]2c2ccc(OCC)cc2)cc1. The lowest BCUT2D eigenvalue weighted by Crippen LogP contribution is -2.29. The number of ether oxygens (including phenoxy) is 2. The topological polar surface area (TPSA) is 97.7 Å². The van der Waals surface area contributed by atoms with E-state index < -0.39 is 12.0 Å². The number of furan rings is 1. The Hall–Kier alpha value is -4.33. The van der Waals surface area contributed by atoms with Gasteiger partial charge in [0.25, 0.3) is 5.91 Å². The van der Waals surface area contributed by atoms with Gasteiger partial charge in [0.2, 0.25) is 0 Å². The number of hydrogen-bond acceptors (Lipinski definition) is 6. The molecule has 0 saturated carbocycles. The van der Waals surface area contributed by atoms with Gasteiger partial charge < -0.3 is 13.9 Å². The maximum Gasteiger partial charge on any atom is 0.338 e. The minimum absolute atomic E-state index is 0.244. The first-order valence-electron chi connectivity index (χ1n) is 11.1. The van der Waals surface area contributed by atoms with Crippen LogP contribution in [0.3, 0.4) is 0 Å². The lowest BCUT2D eigenvalue weighted by Gasteiger charge is -2.26. The maximum absolute atomic E-state index is 13.6. The zero-order chi connectivity index (χ0) is 23.7. The van der Waals surface area contributed by atoms with E-state index in [0.717, 1.165) is 16.9 Å². The number of anilines is 1. The molecule has 1 amide bonds. The molecule has 4 aromatic rings. The summed E-state index contributed by atoms with van der Waals surface area (Å²) >= 11 is 0. The number of rotatable bonds is 7. The van der Waals surface area contributed by atoms with Crippen LogP contribution in [0.4, 0.5) is 5.69 Å². The van der Waals surface area contributed by atoms with Crippen LogP contribution >= 0.6 is 0 Å². The highest BCUT2D eigenvalue weighted by Gasteiger charge is 2.43. The summed E-state index contributed by atoms with van der Waals surface area (Å²) in [6.07, 6.45) is 1.58. The highest BCUT2D eigenvalue weighted by Crippen LogP contribution is 2.45. The van der Waals surface area contributed by atoms with Crippen LogP contribution in [0.1, 0.15) is 51.9 Å². The Kier molecular flexibility index (Phi) is 5.63. The molecule has 172 valence electrons. The number of fused-ring (bicyclic) bond motifs is 1. The van der Waals surface area contributed by atoms with E-state index >= 15 is 0 Å². The van der Waals surface area contributed by atoms with Crippen LogP contribution in [-0.4, -0.2) is 35.3 Å². The summed E-state index contributed by atoms with van der Waals surface area (Å²) in [6.45, 7) is 4.54. The number of nitrogens with zero attached hydrogens (tertiary/aromatic N) is 2. The number of hydrogen-bond donors (Lipinski definition) is 1. The number of amides is 1. The van der Waals surface area contributed by atoms with Crippen LogP contribution in [0.2, 0.25) is 0 Å². The van der Waals surface area contributed by atoms with Crippen molar-refractivity contribution in [2.75, 3.05) is 18.1 Å². The van der Waals surface area contributed by atoms with Crippen LogP contribution in [0.15, 0.2) is 71.3 Å². The monoisotopic (exact) mass is 457 g/mol. The fourth-order valence-corrected chi connectivity index (χ4v) is 4.22. The Labute approximate surface area is 196 Å². The van der Waals surface area contributed by atoms with Crippen molar-refractivity contribution in [2.24, 2.45) is 0 Å². The summed E-state index contributed by atoms with van der Waals surface area (Å²) in [4.78, 5) is 27.3. The first-order chi connectivity index (χ1) is 16.6. The van der Waals surface area contributed by atoms with E-state index in [1.54, 1.807) is 48.4 Å². The molecule has 0 fully saturated rings. The normalized spacial score (nSPS) is 14.8. The standard InChI is InChI=1S/C26H23N3O5/c1-3-32-19-13-9-16(10-14-19)24-21-22(20-6-5-15-34-20)27-28-23(21)25(30)29(24)18-11-7-17(8-12-18)26(31)33-4-2/h5-15,24H,3-4H2,1-2H3,(H,27,28)/t24-/m0/s1. The van der Waals surface area contributed by atoms with Crippen molar-refractivity contribution < 1.29 is 23.5 Å². The van der Waals surface area contributed by atoms with E-state index in [1.807, 2.05) is 37.3 Å². The van der Waals surface area contributed by atoms with Gasteiger partial charge in [0.15, 0.2) is 11.5 Å². The molecule has 2 aromatic heterocycles. The second kappa shape index (κ2) is 8.90. The summed E-state index contributed by atoms with van der Waals surface area (Å²) in [5, 5.41) is 7.30. The van der Waals surface area contributed by atoms with Gasteiger partial charge in [0.1, 0.15) is 11.4 Å². The molecule has 0 aliphatic carbocycles. The summed E-state index contributed by atoms with van der Waals surface area (Å²) in [5.74, 6) is 0.696. The quantitative estimate of drug-likeness (QED) is 0.393. The number of carbonyl (C=O) groups is 2. The highest BCUT2D eigenvalue weighted by molar-refractivity contribution is 6.11. The molecule has 1 N–H and O–H groups in total. The Bertz CT molecular complexity index is 1310. The molecule has 1 atom stereocenters. The number of aromatic amines is 1. The van der Waals surface area contributed by atoms with Crippen LogP contribution in [-0.2, 0) is 4.74 Å². The molecule has 1 aliphatic rings. The highest BCUT2D eigenvalue weighted by atomic mass is 16.5. The van der Waals surface area contributed by atoms with Crippen molar-refractivity contribution in [1.82, 2.24) is 10.2 Å². The lowest BCUT2D eigenvalue weighted by molar-refractivity contribution is 0.0526. The number of H-pyrrole nitrogens is 1. The molecule has 0 unspecified atom stereocenters. The largest absolute Gasteiger partial charge is 0.494 e. The van der Waals surface area contributed by atoms with Gasteiger partial charge in [-0.05, 0) is 67.9 Å². The summed E-state index contributed by atoms with van der Waals surface area (Å²) in [6, 6.07) is 17.6. The summed E-state index contributed by atoms with van der Waals surface area (Å²) < 4.78 is 16.3. The number of esters is 1. The van der Waals surface area contributed by atoms with E-state index in [2.05, 4.69) is 10.2 Å². The van der Waals surface area contributed by atoms with Gasteiger partial charge in [-0.25, -0.2) is 4.79 Å². The van der Waals surface area contributed by atoms with Crippen molar-refractivity contribution in [3.63, 3.8) is 0 Å². The van der Waals surface area contributed by atoms with Crippen LogP contribution in [0.25, 0.3) is 11.5 Å². The first kappa shape index (κ1) is 21.5. The third kappa shape index (κ3) is 3.63. The van der Waals surface area contributed by atoms with Gasteiger partial charge in [-0.3, -0.25) is 14.8 Å². The van der Waals surface area contributed by atoms with E-state index in [0.29, 0.717) is 41.6 Å². The average Bonchev–Trinajstić information content (AvgIpc) is 3.58. The Balaban J connectivity index is 1.60. The van der Waals surface area contributed by atoms with Gasteiger partial charge in [-0.15, -0.1) is 0 Å². The third-order valence-electron chi connectivity index (χ3n) is 5.69. The van der Waals surface area contributed by atoms with Crippen molar-refractivity contribution in [1.29, 1.82) is 0 Å². The fraction of sp³-hybridized carbons (Fsp3) is 0.192. The summed E-state index contributed by atoms with van der Waals surface area (Å²) in [7, 11) is 0. The average molecular weight is 457 g/mol. The van der Waals surface area contributed by atoms with Gasteiger partial charge >= 0.3 is 5.97 Å². The van der Waals surface area contributed by atoms with Crippen LogP contribution in [0.5, 0.6) is 5.75 Å². The smallest absolute Gasteiger partial charge is 0.338 e. The van der Waals surface area contributed by atoms with E-state index in [1.165, 1.54) is 0 Å². The molecule has 1 aliphatic heterocycles. The van der Waals surface area contributed by atoms with Gasteiger partial charge in [0.05, 0.1) is 31.1 Å². The second-order valence-corrected chi connectivity index (χ2v) is 7.69. The van der Waals surface area contributed by atoms with Crippen molar-refractivity contribution in [3.8, 4) is 17.2 Å². The molecule has 34 heavy (non-hydrogen) atoms. The molecular formula is C26H23N3O5. The molecule has 0 radical (unpaired) electrons.